The monoisotopic (exact) mass is 729 g/mol. The topological polar surface area (TPSA) is 99.2 Å². The van der Waals surface area contributed by atoms with Crippen LogP contribution in [0.1, 0.15) is 50.2 Å². The maximum atomic E-state index is 15.2. The summed E-state index contributed by atoms with van der Waals surface area (Å²) in [6, 6.07) is 17.1. The molecular weight excluding hydrogens is 696 g/mol. The van der Waals surface area contributed by atoms with Crippen molar-refractivity contribution in [2.75, 3.05) is 23.3 Å². The molecule has 0 aromatic heterocycles. The van der Waals surface area contributed by atoms with Crippen LogP contribution in [0.4, 0.5) is 11.4 Å². The first-order valence-electron chi connectivity index (χ1n) is 16.2. The highest BCUT2D eigenvalue weighted by Gasteiger charge is 2.74. The molecule has 1 spiro atoms. The smallest absolute Gasteiger partial charge is 0.310 e. The zero-order chi connectivity index (χ0) is 34.0. The molecule has 1 saturated carbocycles. The zero-order valence-corrected chi connectivity index (χ0v) is 29.2. The molecule has 7 rings (SSSR count). The number of carbonyl (C=O) groups excluding carboxylic acids is 2. The van der Waals surface area contributed by atoms with E-state index in [1.807, 2.05) is 42.2 Å². The van der Waals surface area contributed by atoms with Gasteiger partial charge in [0.15, 0.2) is 0 Å². The Hall–Kier alpha value is -2.85. The molecule has 1 unspecified atom stereocenters. The Morgan fingerprint density at radius 3 is 2.33 bits per heavy atom. The van der Waals surface area contributed by atoms with E-state index in [0.29, 0.717) is 46.6 Å². The van der Waals surface area contributed by atoms with Gasteiger partial charge in [-0.2, -0.15) is 0 Å². The van der Waals surface area contributed by atoms with Crippen LogP contribution in [0.2, 0.25) is 20.1 Å². The van der Waals surface area contributed by atoms with E-state index in [1.165, 1.54) is 6.07 Å². The van der Waals surface area contributed by atoms with Gasteiger partial charge in [-0.25, -0.2) is 0 Å². The maximum absolute atomic E-state index is 15.2. The van der Waals surface area contributed by atoms with Gasteiger partial charge >= 0.3 is 5.97 Å². The van der Waals surface area contributed by atoms with E-state index in [9.17, 15) is 14.7 Å². The number of anilines is 2. The van der Waals surface area contributed by atoms with E-state index < -0.39 is 46.8 Å². The summed E-state index contributed by atoms with van der Waals surface area (Å²) < 4.78 is 6.56. The minimum absolute atomic E-state index is 0.192. The number of rotatable bonds is 8. The molecule has 3 aliphatic heterocycles. The lowest BCUT2D eigenvalue weighted by atomic mass is 9.72. The normalized spacial score (nSPS) is 28.1. The fourth-order valence-corrected chi connectivity index (χ4v) is 9.67. The molecule has 3 aromatic rings. The van der Waals surface area contributed by atoms with E-state index in [1.54, 1.807) is 29.2 Å². The third-order valence-electron chi connectivity index (χ3n) is 10.6. The number of hydrogen-bond donors (Lipinski definition) is 2. The average molecular weight is 732 g/mol. The molecule has 48 heavy (non-hydrogen) atoms. The van der Waals surface area contributed by atoms with Crippen LogP contribution in [-0.2, 0) is 31.3 Å². The number of ether oxygens (including phenoxy) is 1. The summed E-state index contributed by atoms with van der Waals surface area (Å²) in [5, 5.41) is 15.1. The molecule has 3 aromatic carbocycles. The molecule has 1 aliphatic carbocycles. The van der Waals surface area contributed by atoms with Crippen LogP contribution in [0, 0.1) is 17.8 Å². The number of hydrogen-bond acceptors (Lipinski definition) is 5. The van der Waals surface area contributed by atoms with E-state index in [4.69, 9.17) is 51.1 Å². The first-order chi connectivity index (χ1) is 22.9. The van der Waals surface area contributed by atoms with Gasteiger partial charge in [0.1, 0.15) is 11.5 Å². The highest BCUT2D eigenvalue weighted by molar-refractivity contribution is 6.38. The van der Waals surface area contributed by atoms with Gasteiger partial charge in [-0.3, -0.25) is 19.3 Å². The van der Waals surface area contributed by atoms with Crippen molar-refractivity contribution >= 4 is 75.6 Å². The van der Waals surface area contributed by atoms with Crippen LogP contribution in [0.3, 0.4) is 0 Å². The van der Waals surface area contributed by atoms with Gasteiger partial charge in [-0.15, -0.1) is 0 Å². The lowest BCUT2D eigenvalue weighted by molar-refractivity contribution is -0.153. The molecule has 12 heteroatoms. The van der Waals surface area contributed by atoms with Crippen molar-refractivity contribution in [2.24, 2.45) is 17.8 Å². The Morgan fingerprint density at radius 1 is 1.00 bits per heavy atom. The molecule has 2 saturated heterocycles. The molecule has 2 amide bonds. The number of carboxylic acid groups (broad SMARTS) is 1. The summed E-state index contributed by atoms with van der Waals surface area (Å²) >= 11 is 26.0. The third-order valence-corrected chi connectivity index (χ3v) is 11.5. The number of aliphatic carboxylic acids is 1. The van der Waals surface area contributed by atoms with Crippen molar-refractivity contribution in [1.82, 2.24) is 4.90 Å². The zero-order valence-electron chi connectivity index (χ0n) is 26.2. The maximum Gasteiger partial charge on any atom is 0.310 e. The number of fused-ring (bicyclic) bond motifs is 4. The molecule has 4 aliphatic rings. The fourth-order valence-electron chi connectivity index (χ4n) is 8.61. The van der Waals surface area contributed by atoms with Gasteiger partial charge in [-0.1, -0.05) is 89.6 Å². The molecule has 0 radical (unpaired) electrons. The molecule has 2 N–H and O–H groups in total. The van der Waals surface area contributed by atoms with Crippen molar-refractivity contribution < 1.29 is 24.2 Å². The van der Waals surface area contributed by atoms with Gasteiger partial charge in [0, 0.05) is 45.5 Å². The van der Waals surface area contributed by atoms with Gasteiger partial charge in [-0.05, 0) is 68.0 Å². The Balaban J connectivity index is 1.37. The van der Waals surface area contributed by atoms with Crippen LogP contribution in [0.15, 0.2) is 60.7 Å². The molecule has 0 bridgehead atoms. The van der Waals surface area contributed by atoms with E-state index in [0.717, 1.165) is 31.2 Å². The van der Waals surface area contributed by atoms with Crippen molar-refractivity contribution in [3.63, 3.8) is 0 Å². The first-order valence-corrected chi connectivity index (χ1v) is 17.7. The lowest BCUT2D eigenvalue weighted by Gasteiger charge is -2.38. The summed E-state index contributed by atoms with van der Waals surface area (Å²) in [6.07, 6.45) is 4.32. The lowest BCUT2D eigenvalue weighted by Crippen LogP contribution is -2.55. The quantitative estimate of drug-likeness (QED) is 0.244. The average Bonchev–Trinajstić information content (AvgIpc) is 3.79. The van der Waals surface area contributed by atoms with Gasteiger partial charge in [0.05, 0.1) is 28.8 Å². The van der Waals surface area contributed by atoms with Crippen LogP contribution < -0.4 is 10.2 Å². The van der Waals surface area contributed by atoms with E-state index in [-0.39, 0.29) is 22.5 Å². The standard InChI is InChI=1S/C36H35Cl4N3O5/c1-35(48-18-21-9-3-2-4-10-21)16-28-29(32(44)42(17-20-7-5-6-8-20)25-12-22(37)11-23(38)13-25)30(33(45)46)36(43(28)19-35)26-14-24(39)15-27(40)31(26)41-34(36)47/h2-4,9-15,20,28-30H,5-8,16-19H2,1H3,(H,41,47)(H,45,46)/t28-,29?,30-,35+,36+/m1/s1. The summed E-state index contributed by atoms with van der Waals surface area (Å²) in [5.41, 5.74) is -0.495. The predicted octanol–water partition coefficient (Wildman–Crippen LogP) is 8.05. The second-order valence-electron chi connectivity index (χ2n) is 13.7. The predicted molar refractivity (Wildman–Crippen MR) is 187 cm³/mol. The van der Waals surface area contributed by atoms with Gasteiger partial charge in [0.2, 0.25) is 5.91 Å². The van der Waals surface area contributed by atoms with Crippen LogP contribution in [-0.4, -0.2) is 52.5 Å². The van der Waals surface area contributed by atoms with Crippen molar-refractivity contribution in [2.45, 2.75) is 62.8 Å². The van der Waals surface area contributed by atoms with Gasteiger partial charge < -0.3 is 20.1 Å². The van der Waals surface area contributed by atoms with Crippen LogP contribution in [0.5, 0.6) is 0 Å². The fraction of sp³-hybridized carbons (Fsp3) is 0.417. The highest BCUT2D eigenvalue weighted by atomic mass is 35.5. The van der Waals surface area contributed by atoms with Crippen molar-refractivity contribution in [1.29, 1.82) is 0 Å². The van der Waals surface area contributed by atoms with Crippen LogP contribution in [0.25, 0.3) is 0 Å². The molecule has 252 valence electrons. The second-order valence-corrected chi connectivity index (χ2v) is 15.4. The Morgan fingerprint density at radius 2 is 1.67 bits per heavy atom. The SMILES string of the molecule is C[C@]1(OCc2ccccc2)C[C@@H]2C(C(=O)N(CC3CCCC3)c3cc(Cl)cc(Cl)c3)[C@H](C(=O)O)[C@@]3(C(=O)Nc4c(Cl)cc(Cl)cc43)N2C1. The summed E-state index contributed by atoms with van der Waals surface area (Å²) in [5.74, 6) is -4.62. The van der Waals surface area contributed by atoms with E-state index >= 15 is 4.79 Å². The number of carbonyl (C=O) groups is 3. The summed E-state index contributed by atoms with van der Waals surface area (Å²) in [4.78, 5) is 46.8. The highest BCUT2D eigenvalue weighted by Crippen LogP contribution is 2.61. The minimum Gasteiger partial charge on any atom is -0.481 e. The van der Waals surface area contributed by atoms with Gasteiger partial charge in [0.25, 0.3) is 5.91 Å². The largest absolute Gasteiger partial charge is 0.481 e. The number of halogens is 4. The van der Waals surface area contributed by atoms with Crippen molar-refractivity contribution in [3.05, 3.63) is 91.9 Å². The molecule has 8 nitrogen and oxygen atoms in total. The molecule has 3 heterocycles. The Kier molecular flexibility index (Phi) is 8.97. The first kappa shape index (κ1) is 33.6. The van der Waals surface area contributed by atoms with Crippen molar-refractivity contribution in [3.8, 4) is 0 Å². The Labute approximate surface area is 299 Å². The molecule has 3 fully saturated rings. The number of amides is 2. The third kappa shape index (κ3) is 5.68. The number of nitrogens with one attached hydrogen (secondary N) is 1. The van der Waals surface area contributed by atoms with E-state index in [2.05, 4.69) is 5.32 Å². The number of nitrogens with zero attached hydrogens (tertiary/aromatic N) is 2. The summed E-state index contributed by atoms with van der Waals surface area (Å²) in [7, 11) is 0. The second kappa shape index (κ2) is 12.8. The minimum atomic E-state index is -1.78. The Bertz CT molecular complexity index is 1770. The number of benzene rings is 3. The molecule has 5 atom stereocenters. The number of carboxylic acids is 1. The molecular formula is C36H35Cl4N3O5. The van der Waals surface area contributed by atoms with Crippen LogP contribution >= 0.6 is 46.4 Å². The summed E-state index contributed by atoms with van der Waals surface area (Å²) in [6.45, 7) is 2.83.